The van der Waals surface area contributed by atoms with Crippen molar-refractivity contribution in [2.75, 3.05) is 0 Å². The Morgan fingerprint density at radius 2 is 2.04 bits per heavy atom. The van der Waals surface area contributed by atoms with Crippen LogP contribution < -0.4 is 5.32 Å². The van der Waals surface area contributed by atoms with Crippen LogP contribution in [0.3, 0.4) is 0 Å². The summed E-state index contributed by atoms with van der Waals surface area (Å²) in [6.07, 6.45) is 1.75. The van der Waals surface area contributed by atoms with Crippen molar-refractivity contribution in [3.8, 4) is 0 Å². The van der Waals surface area contributed by atoms with Gasteiger partial charge in [0.1, 0.15) is 0 Å². The fourth-order valence-corrected chi connectivity index (χ4v) is 2.48. The lowest BCUT2D eigenvalue weighted by Gasteiger charge is -2.14. The zero-order chi connectivity index (χ0) is 16.6. The number of aromatic nitrogens is 6. The maximum Gasteiger partial charge on any atom is 0.289 e. The Bertz CT molecular complexity index is 864. The van der Waals surface area contributed by atoms with Gasteiger partial charge in [-0.1, -0.05) is 0 Å². The van der Waals surface area contributed by atoms with Gasteiger partial charge >= 0.3 is 0 Å². The second-order valence-electron chi connectivity index (χ2n) is 5.75. The van der Waals surface area contributed by atoms with Crippen LogP contribution in [0.15, 0.2) is 18.3 Å². The predicted molar refractivity (Wildman–Crippen MR) is 84.1 cm³/mol. The minimum absolute atomic E-state index is 0.0914. The summed E-state index contributed by atoms with van der Waals surface area (Å²) in [5.74, 6) is 0.367. The van der Waals surface area contributed by atoms with Gasteiger partial charge in [-0.3, -0.25) is 13.9 Å². The lowest BCUT2D eigenvalue weighted by molar-refractivity contribution is 0.0924. The lowest BCUT2D eigenvalue weighted by Crippen LogP contribution is -2.37. The van der Waals surface area contributed by atoms with E-state index in [1.165, 1.54) is 0 Å². The van der Waals surface area contributed by atoms with E-state index in [4.69, 9.17) is 0 Å². The smallest absolute Gasteiger partial charge is 0.289 e. The number of carbonyl (C=O) groups excluding carboxylic acids is 1. The van der Waals surface area contributed by atoms with E-state index in [-0.39, 0.29) is 17.8 Å². The molecule has 0 spiro atoms. The molecule has 1 amide bonds. The van der Waals surface area contributed by atoms with E-state index in [0.29, 0.717) is 12.3 Å². The molecular weight excluding hydrogens is 294 g/mol. The third kappa shape index (κ3) is 3.05. The summed E-state index contributed by atoms with van der Waals surface area (Å²) in [7, 11) is 0. The number of aryl methyl sites for hydroxylation is 3. The molecule has 0 saturated carbocycles. The van der Waals surface area contributed by atoms with Crippen LogP contribution in [0.2, 0.25) is 0 Å². The molecule has 0 bridgehead atoms. The van der Waals surface area contributed by atoms with E-state index in [1.54, 1.807) is 10.6 Å². The molecule has 3 aromatic rings. The van der Waals surface area contributed by atoms with Gasteiger partial charge < -0.3 is 5.32 Å². The molecule has 0 unspecified atom stereocenters. The molecule has 0 aliphatic rings. The summed E-state index contributed by atoms with van der Waals surface area (Å²) in [5.41, 5.74) is 2.86. The molecule has 23 heavy (non-hydrogen) atoms. The molecule has 0 fully saturated rings. The molecule has 3 heterocycles. The van der Waals surface area contributed by atoms with Gasteiger partial charge in [0.25, 0.3) is 11.7 Å². The van der Waals surface area contributed by atoms with Gasteiger partial charge in [0, 0.05) is 23.6 Å². The standard InChI is InChI=1S/C15H19N7O/c1-9-5-6-21-13(18-19-15(21)17-9)14(23)16-11(3)8-22-12(4)7-10(2)20-22/h5-7,11H,8H2,1-4H3,(H,16,23)/t11-/m0/s1. The van der Waals surface area contributed by atoms with Crippen LogP contribution in [-0.4, -0.2) is 41.3 Å². The van der Waals surface area contributed by atoms with E-state index >= 15 is 0 Å². The molecule has 3 rings (SSSR count). The van der Waals surface area contributed by atoms with E-state index < -0.39 is 0 Å². The fourth-order valence-electron chi connectivity index (χ4n) is 2.48. The van der Waals surface area contributed by atoms with Gasteiger partial charge in [0.05, 0.1) is 12.2 Å². The number of nitrogens with zero attached hydrogens (tertiary/aromatic N) is 6. The predicted octanol–water partition coefficient (Wildman–Crippen LogP) is 1.06. The third-order valence-corrected chi connectivity index (χ3v) is 3.55. The first-order chi connectivity index (χ1) is 10.9. The molecule has 0 aliphatic carbocycles. The molecule has 0 saturated heterocycles. The Morgan fingerprint density at radius 3 is 2.74 bits per heavy atom. The zero-order valence-corrected chi connectivity index (χ0v) is 13.6. The van der Waals surface area contributed by atoms with Crippen LogP contribution in [0.1, 0.15) is 34.6 Å². The summed E-state index contributed by atoms with van der Waals surface area (Å²) < 4.78 is 3.46. The van der Waals surface area contributed by atoms with E-state index in [1.807, 2.05) is 44.5 Å². The Kier molecular flexibility index (Phi) is 3.81. The number of carbonyl (C=O) groups is 1. The van der Waals surface area contributed by atoms with Gasteiger partial charge in [-0.15, -0.1) is 10.2 Å². The molecule has 120 valence electrons. The van der Waals surface area contributed by atoms with Gasteiger partial charge in [0.2, 0.25) is 5.82 Å². The lowest BCUT2D eigenvalue weighted by atomic mass is 10.3. The summed E-state index contributed by atoms with van der Waals surface area (Å²) in [4.78, 5) is 16.6. The topological polar surface area (TPSA) is 90.0 Å². The Balaban J connectivity index is 1.74. The van der Waals surface area contributed by atoms with Crippen molar-refractivity contribution in [2.45, 2.75) is 40.3 Å². The first-order valence-corrected chi connectivity index (χ1v) is 7.44. The third-order valence-electron chi connectivity index (χ3n) is 3.55. The van der Waals surface area contributed by atoms with Crippen LogP contribution in [0, 0.1) is 20.8 Å². The summed E-state index contributed by atoms with van der Waals surface area (Å²) >= 11 is 0. The van der Waals surface area contributed by atoms with Crippen molar-refractivity contribution in [1.82, 2.24) is 34.7 Å². The Hall–Kier alpha value is -2.77. The number of rotatable bonds is 4. The molecule has 0 radical (unpaired) electrons. The molecule has 1 atom stereocenters. The molecule has 8 heteroatoms. The van der Waals surface area contributed by atoms with Crippen molar-refractivity contribution in [3.63, 3.8) is 0 Å². The largest absolute Gasteiger partial charge is 0.345 e. The number of fused-ring (bicyclic) bond motifs is 1. The number of amides is 1. The molecule has 1 N–H and O–H groups in total. The van der Waals surface area contributed by atoms with E-state index in [0.717, 1.165) is 17.1 Å². The number of nitrogens with one attached hydrogen (secondary N) is 1. The normalized spacial score (nSPS) is 12.5. The van der Waals surface area contributed by atoms with E-state index in [2.05, 4.69) is 25.6 Å². The molecule has 0 aromatic carbocycles. The fraction of sp³-hybridized carbons (Fsp3) is 0.400. The molecular formula is C15H19N7O. The summed E-state index contributed by atoms with van der Waals surface area (Å²) in [6, 6.07) is 3.73. The van der Waals surface area contributed by atoms with Gasteiger partial charge in [-0.05, 0) is 39.8 Å². The maximum atomic E-state index is 12.4. The maximum absolute atomic E-state index is 12.4. The first-order valence-electron chi connectivity index (χ1n) is 7.44. The number of hydrogen-bond acceptors (Lipinski definition) is 5. The van der Waals surface area contributed by atoms with Crippen LogP contribution in [0.5, 0.6) is 0 Å². The van der Waals surface area contributed by atoms with Crippen molar-refractivity contribution in [1.29, 1.82) is 0 Å². The van der Waals surface area contributed by atoms with Crippen molar-refractivity contribution in [2.24, 2.45) is 0 Å². The first kappa shape index (κ1) is 15.1. The van der Waals surface area contributed by atoms with Gasteiger partial charge in [0.15, 0.2) is 0 Å². The molecule has 3 aromatic heterocycles. The minimum Gasteiger partial charge on any atom is -0.345 e. The van der Waals surface area contributed by atoms with Crippen molar-refractivity contribution in [3.05, 3.63) is 41.2 Å². The van der Waals surface area contributed by atoms with Gasteiger partial charge in [-0.2, -0.15) is 5.10 Å². The highest BCUT2D eigenvalue weighted by Gasteiger charge is 2.17. The minimum atomic E-state index is -0.280. The monoisotopic (exact) mass is 313 g/mol. The highest BCUT2D eigenvalue weighted by atomic mass is 16.2. The van der Waals surface area contributed by atoms with Crippen LogP contribution in [0.25, 0.3) is 5.78 Å². The van der Waals surface area contributed by atoms with E-state index in [9.17, 15) is 4.79 Å². The van der Waals surface area contributed by atoms with Gasteiger partial charge in [-0.25, -0.2) is 4.98 Å². The second-order valence-corrected chi connectivity index (χ2v) is 5.75. The Morgan fingerprint density at radius 1 is 1.26 bits per heavy atom. The zero-order valence-electron chi connectivity index (χ0n) is 13.6. The average Bonchev–Trinajstić information content (AvgIpc) is 3.01. The molecule has 8 nitrogen and oxygen atoms in total. The van der Waals surface area contributed by atoms with Crippen molar-refractivity contribution >= 4 is 11.7 Å². The van der Waals surface area contributed by atoms with Crippen molar-refractivity contribution < 1.29 is 4.79 Å². The van der Waals surface area contributed by atoms with Crippen LogP contribution >= 0.6 is 0 Å². The highest BCUT2D eigenvalue weighted by Crippen LogP contribution is 2.05. The quantitative estimate of drug-likeness (QED) is 0.778. The SMILES string of the molecule is Cc1ccn2c(C(=O)N[C@@H](C)Cn3nc(C)cc3C)nnc2n1. The highest BCUT2D eigenvalue weighted by molar-refractivity contribution is 5.91. The molecule has 0 aliphatic heterocycles. The summed E-state index contributed by atoms with van der Waals surface area (Å²) in [5, 5.41) is 15.2. The van der Waals surface area contributed by atoms with Crippen LogP contribution in [0.4, 0.5) is 0 Å². The second kappa shape index (κ2) is 5.79. The average molecular weight is 313 g/mol. The number of hydrogen-bond donors (Lipinski definition) is 1. The summed E-state index contributed by atoms with van der Waals surface area (Å²) in [6.45, 7) is 8.34. The Labute approximate surface area is 133 Å². The van der Waals surface area contributed by atoms with Crippen LogP contribution in [-0.2, 0) is 6.54 Å².